The molecule has 2 nitrogen and oxygen atoms in total. The molecule has 1 unspecified atom stereocenters. The highest BCUT2D eigenvalue weighted by atomic mass is 35.5. The molecular weight excluding hydrogens is 325 g/mol. The average molecular weight is 342 g/mol. The van der Waals surface area contributed by atoms with Crippen molar-refractivity contribution in [2.75, 3.05) is 6.61 Å². The molecule has 0 bridgehead atoms. The van der Waals surface area contributed by atoms with Crippen LogP contribution in [0.5, 0.6) is 5.75 Å². The number of thiophene rings is 1. The van der Waals surface area contributed by atoms with Gasteiger partial charge < -0.3 is 10.5 Å². The summed E-state index contributed by atoms with van der Waals surface area (Å²) in [6, 6.07) is 5.56. The van der Waals surface area contributed by atoms with E-state index >= 15 is 0 Å². The molecule has 1 heterocycles. The van der Waals surface area contributed by atoms with Crippen LogP contribution in [0.3, 0.4) is 0 Å². The molecule has 0 radical (unpaired) electrons. The maximum atomic E-state index is 6.40. The van der Waals surface area contributed by atoms with Crippen molar-refractivity contribution in [1.82, 2.24) is 0 Å². The smallest absolute Gasteiger partial charge is 0.139 e. The summed E-state index contributed by atoms with van der Waals surface area (Å²) >= 11 is 14.4. The first-order valence-corrected chi connectivity index (χ1v) is 8.66. The van der Waals surface area contributed by atoms with Crippen molar-refractivity contribution < 1.29 is 4.74 Å². The zero-order chi connectivity index (χ0) is 15.0. The molecule has 1 aliphatic rings. The van der Waals surface area contributed by atoms with Gasteiger partial charge in [0.25, 0.3) is 0 Å². The van der Waals surface area contributed by atoms with E-state index in [4.69, 9.17) is 33.7 Å². The van der Waals surface area contributed by atoms with Crippen LogP contribution >= 0.6 is 34.5 Å². The molecule has 112 valence electrons. The predicted molar refractivity (Wildman–Crippen MR) is 90.0 cm³/mol. The van der Waals surface area contributed by atoms with Gasteiger partial charge in [-0.05, 0) is 49.4 Å². The Hall–Kier alpha value is -0.740. The Kier molecular flexibility index (Phi) is 4.46. The lowest BCUT2D eigenvalue weighted by Gasteiger charge is -2.15. The number of hydrogen-bond donors (Lipinski definition) is 1. The van der Waals surface area contributed by atoms with E-state index in [-0.39, 0.29) is 6.04 Å². The lowest BCUT2D eigenvalue weighted by molar-refractivity contribution is 0.340. The molecule has 3 rings (SSSR count). The van der Waals surface area contributed by atoms with Gasteiger partial charge in [-0.2, -0.15) is 0 Å². The van der Waals surface area contributed by atoms with Crippen LogP contribution in [-0.4, -0.2) is 6.61 Å². The van der Waals surface area contributed by atoms with E-state index in [1.807, 2.05) is 13.0 Å². The number of benzene rings is 1. The first-order chi connectivity index (χ1) is 10.1. The van der Waals surface area contributed by atoms with Crippen LogP contribution < -0.4 is 10.5 Å². The Morgan fingerprint density at radius 3 is 2.76 bits per heavy atom. The number of halogens is 2. The van der Waals surface area contributed by atoms with Gasteiger partial charge in [0.05, 0.1) is 17.7 Å². The first-order valence-electron chi connectivity index (χ1n) is 7.09. The van der Waals surface area contributed by atoms with Crippen LogP contribution in [0.15, 0.2) is 18.2 Å². The van der Waals surface area contributed by atoms with E-state index in [0.29, 0.717) is 22.4 Å². The van der Waals surface area contributed by atoms with Gasteiger partial charge in [0.1, 0.15) is 5.75 Å². The number of aryl methyl sites for hydroxylation is 2. The highest BCUT2D eigenvalue weighted by Gasteiger charge is 2.21. The summed E-state index contributed by atoms with van der Waals surface area (Å²) < 4.78 is 5.45. The molecule has 0 spiro atoms. The van der Waals surface area contributed by atoms with Gasteiger partial charge in [0.15, 0.2) is 0 Å². The van der Waals surface area contributed by atoms with Crippen molar-refractivity contribution in [3.8, 4) is 5.75 Å². The van der Waals surface area contributed by atoms with E-state index in [1.54, 1.807) is 17.4 Å². The Balaban J connectivity index is 1.93. The fourth-order valence-corrected chi connectivity index (χ4v) is 4.48. The minimum atomic E-state index is -0.235. The van der Waals surface area contributed by atoms with Gasteiger partial charge in [-0.1, -0.05) is 23.2 Å². The Morgan fingerprint density at radius 2 is 2.05 bits per heavy atom. The van der Waals surface area contributed by atoms with Crippen molar-refractivity contribution >= 4 is 34.5 Å². The third kappa shape index (κ3) is 2.93. The third-order valence-corrected chi connectivity index (χ3v) is 5.70. The van der Waals surface area contributed by atoms with Crippen LogP contribution in [0.1, 0.15) is 40.3 Å². The Bertz CT molecular complexity index is 647. The zero-order valence-electron chi connectivity index (χ0n) is 11.8. The summed E-state index contributed by atoms with van der Waals surface area (Å²) in [5.41, 5.74) is 8.69. The minimum Gasteiger partial charge on any atom is -0.492 e. The molecule has 2 N–H and O–H groups in total. The fraction of sp³-hybridized carbons (Fsp3) is 0.375. The normalized spacial score (nSPS) is 15.0. The number of ether oxygens (including phenoxy) is 1. The highest BCUT2D eigenvalue weighted by Crippen LogP contribution is 2.39. The van der Waals surface area contributed by atoms with Gasteiger partial charge in [-0.15, -0.1) is 11.3 Å². The maximum absolute atomic E-state index is 6.40. The van der Waals surface area contributed by atoms with Crippen LogP contribution in [0.2, 0.25) is 10.0 Å². The topological polar surface area (TPSA) is 35.2 Å². The molecule has 1 atom stereocenters. The summed E-state index contributed by atoms with van der Waals surface area (Å²) in [5, 5.41) is 1.15. The number of rotatable bonds is 4. The Morgan fingerprint density at radius 1 is 1.24 bits per heavy atom. The van der Waals surface area contributed by atoms with E-state index in [0.717, 1.165) is 16.9 Å². The van der Waals surface area contributed by atoms with Crippen molar-refractivity contribution in [3.05, 3.63) is 49.1 Å². The minimum absolute atomic E-state index is 0.235. The molecule has 1 aromatic carbocycles. The average Bonchev–Trinajstić information content (AvgIpc) is 3.03. The van der Waals surface area contributed by atoms with Gasteiger partial charge in [-0.3, -0.25) is 0 Å². The van der Waals surface area contributed by atoms with Gasteiger partial charge >= 0.3 is 0 Å². The van der Waals surface area contributed by atoms with E-state index in [1.165, 1.54) is 23.3 Å². The monoisotopic (exact) mass is 341 g/mol. The molecule has 0 saturated carbocycles. The summed E-state index contributed by atoms with van der Waals surface area (Å²) in [4.78, 5) is 2.62. The fourth-order valence-electron chi connectivity index (χ4n) is 2.71. The predicted octanol–water partition coefficient (Wildman–Crippen LogP) is 4.99. The molecule has 0 amide bonds. The summed E-state index contributed by atoms with van der Waals surface area (Å²) in [6.07, 6.45) is 3.59. The van der Waals surface area contributed by atoms with Crippen molar-refractivity contribution in [1.29, 1.82) is 0 Å². The van der Waals surface area contributed by atoms with Crippen molar-refractivity contribution in [2.45, 2.75) is 32.2 Å². The largest absolute Gasteiger partial charge is 0.492 e. The van der Waals surface area contributed by atoms with E-state index < -0.39 is 0 Å². The molecule has 1 aromatic heterocycles. The number of hydrogen-bond acceptors (Lipinski definition) is 3. The maximum Gasteiger partial charge on any atom is 0.139 e. The quantitative estimate of drug-likeness (QED) is 0.849. The highest BCUT2D eigenvalue weighted by molar-refractivity contribution is 7.12. The van der Waals surface area contributed by atoms with Crippen LogP contribution in [0.4, 0.5) is 0 Å². The molecule has 5 heteroatoms. The van der Waals surface area contributed by atoms with E-state index in [9.17, 15) is 0 Å². The molecule has 0 saturated heterocycles. The number of nitrogens with two attached hydrogens (primary N) is 1. The standard InChI is InChI=1S/C16H17Cl2NOS/c1-2-20-13-8-11(17)10(7-12(13)18)16(19)15-6-9-4-3-5-14(9)21-15/h6-8,16H,2-5,19H2,1H3. The second-order valence-electron chi connectivity index (χ2n) is 5.17. The van der Waals surface area contributed by atoms with Crippen LogP contribution in [0, 0.1) is 0 Å². The summed E-state index contributed by atoms with van der Waals surface area (Å²) in [5.74, 6) is 0.605. The molecule has 2 aromatic rings. The van der Waals surface area contributed by atoms with Crippen molar-refractivity contribution in [3.63, 3.8) is 0 Å². The molecule has 0 fully saturated rings. The zero-order valence-corrected chi connectivity index (χ0v) is 14.1. The summed E-state index contributed by atoms with van der Waals surface area (Å²) in [6.45, 7) is 2.47. The van der Waals surface area contributed by atoms with Crippen LogP contribution in [0.25, 0.3) is 0 Å². The SMILES string of the molecule is CCOc1cc(Cl)c(C(N)c2cc3c(s2)CCC3)cc1Cl. The second kappa shape index (κ2) is 6.17. The molecule has 1 aliphatic carbocycles. The second-order valence-corrected chi connectivity index (χ2v) is 7.15. The van der Waals surface area contributed by atoms with Gasteiger partial charge in [-0.25, -0.2) is 0 Å². The Labute approximate surface area is 138 Å². The molecule has 0 aliphatic heterocycles. The summed E-state index contributed by atoms with van der Waals surface area (Å²) in [7, 11) is 0. The van der Waals surface area contributed by atoms with Gasteiger partial charge in [0, 0.05) is 20.8 Å². The van der Waals surface area contributed by atoms with Gasteiger partial charge in [0.2, 0.25) is 0 Å². The lowest BCUT2D eigenvalue weighted by Crippen LogP contribution is -2.11. The third-order valence-electron chi connectivity index (χ3n) is 3.76. The molecule has 21 heavy (non-hydrogen) atoms. The molecular formula is C16H17Cl2NOS. The van der Waals surface area contributed by atoms with Crippen molar-refractivity contribution in [2.24, 2.45) is 5.73 Å². The lowest BCUT2D eigenvalue weighted by atomic mass is 10.0. The van der Waals surface area contributed by atoms with Crippen LogP contribution in [-0.2, 0) is 12.8 Å². The van der Waals surface area contributed by atoms with E-state index in [2.05, 4.69) is 6.07 Å². The first kappa shape index (κ1) is 15.2. The number of fused-ring (bicyclic) bond motifs is 1.